The molecule has 1 amide bonds. The molecule has 26 heavy (non-hydrogen) atoms. The Morgan fingerprint density at radius 2 is 1.85 bits per heavy atom. The van der Waals surface area contributed by atoms with Gasteiger partial charge in [-0.2, -0.15) is 4.80 Å². The van der Waals surface area contributed by atoms with Crippen LogP contribution in [0.25, 0.3) is 11.4 Å². The predicted octanol–water partition coefficient (Wildman–Crippen LogP) is 2.07. The van der Waals surface area contributed by atoms with Crippen LogP contribution in [-0.4, -0.2) is 38.2 Å². The highest BCUT2D eigenvalue weighted by Gasteiger charge is 2.31. The van der Waals surface area contributed by atoms with E-state index in [-0.39, 0.29) is 30.0 Å². The van der Waals surface area contributed by atoms with Crippen molar-refractivity contribution in [1.82, 2.24) is 25.5 Å². The first-order valence-corrected chi connectivity index (χ1v) is 9.60. The number of amides is 1. The molecule has 1 aromatic carbocycles. The molecule has 2 aromatic rings. The average molecular weight is 354 g/mol. The van der Waals surface area contributed by atoms with Crippen LogP contribution in [0.5, 0.6) is 0 Å². The van der Waals surface area contributed by atoms with Crippen molar-refractivity contribution in [3.05, 3.63) is 30.3 Å². The van der Waals surface area contributed by atoms with Gasteiger partial charge in [0.2, 0.25) is 11.7 Å². The van der Waals surface area contributed by atoms with Gasteiger partial charge in [-0.25, -0.2) is 0 Å². The number of nitrogens with one attached hydrogen (secondary N) is 1. The molecule has 2 atom stereocenters. The molecule has 138 valence electrons. The number of aromatic nitrogens is 4. The first-order chi connectivity index (χ1) is 12.7. The van der Waals surface area contributed by atoms with Gasteiger partial charge in [-0.05, 0) is 50.2 Å². The van der Waals surface area contributed by atoms with Crippen molar-refractivity contribution >= 4 is 5.91 Å². The summed E-state index contributed by atoms with van der Waals surface area (Å²) in [6.45, 7) is 0. The molecule has 0 bridgehead atoms. The second kappa shape index (κ2) is 7.53. The van der Waals surface area contributed by atoms with Gasteiger partial charge in [-0.3, -0.25) is 4.79 Å². The van der Waals surface area contributed by atoms with Crippen molar-refractivity contribution < 1.29 is 4.79 Å². The Labute approximate surface area is 153 Å². The summed E-state index contributed by atoms with van der Waals surface area (Å²) in [5.74, 6) is 0.957. The Hall–Kier alpha value is -2.28. The maximum atomic E-state index is 12.4. The zero-order chi connectivity index (χ0) is 17.9. The molecule has 4 rings (SSSR count). The number of hydrogen-bond acceptors (Lipinski definition) is 5. The molecule has 3 N–H and O–H groups in total. The van der Waals surface area contributed by atoms with Crippen molar-refractivity contribution in [1.29, 1.82) is 0 Å². The summed E-state index contributed by atoms with van der Waals surface area (Å²) < 4.78 is 0. The highest BCUT2D eigenvalue weighted by molar-refractivity contribution is 5.79. The lowest BCUT2D eigenvalue weighted by Crippen LogP contribution is -2.41. The molecule has 2 fully saturated rings. The van der Waals surface area contributed by atoms with Crippen LogP contribution in [0.4, 0.5) is 0 Å². The van der Waals surface area contributed by atoms with Gasteiger partial charge in [-0.1, -0.05) is 30.3 Å². The SMILES string of the molecule is N[C@H]1CC[C@@H](C(=O)NC2CCC(n3nnc(-c4ccccc4)n3)CC2)C1. The van der Waals surface area contributed by atoms with E-state index in [0.717, 1.165) is 50.5 Å². The van der Waals surface area contributed by atoms with E-state index in [0.29, 0.717) is 5.82 Å². The number of tetrazole rings is 1. The van der Waals surface area contributed by atoms with E-state index < -0.39 is 0 Å². The van der Waals surface area contributed by atoms with Crippen LogP contribution in [0, 0.1) is 5.92 Å². The minimum atomic E-state index is 0.105. The maximum absolute atomic E-state index is 12.4. The second-order valence-electron chi connectivity index (χ2n) is 7.58. The fraction of sp³-hybridized carbons (Fsp3) is 0.579. The largest absolute Gasteiger partial charge is 0.353 e. The number of carbonyl (C=O) groups is 1. The predicted molar refractivity (Wildman–Crippen MR) is 98.0 cm³/mol. The first kappa shape index (κ1) is 17.1. The van der Waals surface area contributed by atoms with Crippen LogP contribution >= 0.6 is 0 Å². The van der Waals surface area contributed by atoms with Crippen LogP contribution in [0.1, 0.15) is 51.0 Å². The number of carbonyl (C=O) groups excluding carboxylic acids is 1. The van der Waals surface area contributed by atoms with E-state index >= 15 is 0 Å². The van der Waals surface area contributed by atoms with Gasteiger partial charge in [0, 0.05) is 23.6 Å². The van der Waals surface area contributed by atoms with Crippen molar-refractivity contribution in [2.24, 2.45) is 11.7 Å². The lowest BCUT2D eigenvalue weighted by molar-refractivity contribution is -0.125. The van der Waals surface area contributed by atoms with Gasteiger partial charge in [0.15, 0.2) is 0 Å². The summed E-state index contributed by atoms with van der Waals surface area (Å²) in [5, 5.41) is 16.2. The Balaban J connectivity index is 1.30. The topological polar surface area (TPSA) is 98.7 Å². The van der Waals surface area contributed by atoms with Crippen LogP contribution in [0.15, 0.2) is 30.3 Å². The second-order valence-corrected chi connectivity index (χ2v) is 7.58. The zero-order valence-corrected chi connectivity index (χ0v) is 14.9. The monoisotopic (exact) mass is 354 g/mol. The van der Waals surface area contributed by atoms with Crippen molar-refractivity contribution in [2.75, 3.05) is 0 Å². The number of rotatable bonds is 4. The van der Waals surface area contributed by atoms with Crippen molar-refractivity contribution in [3.8, 4) is 11.4 Å². The van der Waals surface area contributed by atoms with Crippen LogP contribution in [0.3, 0.4) is 0 Å². The smallest absolute Gasteiger partial charge is 0.223 e. The minimum absolute atomic E-state index is 0.105. The number of nitrogens with zero attached hydrogens (tertiary/aromatic N) is 4. The molecule has 2 aliphatic rings. The van der Waals surface area contributed by atoms with Crippen molar-refractivity contribution in [3.63, 3.8) is 0 Å². The molecule has 2 saturated carbocycles. The highest BCUT2D eigenvalue weighted by Crippen LogP contribution is 2.29. The standard InChI is InChI=1S/C19H26N6O/c20-15-7-6-14(12-15)19(26)21-16-8-10-17(11-9-16)25-23-18(22-24-25)13-4-2-1-3-5-13/h1-5,14-17H,6-12,20H2,(H,21,26)/t14-,15+,16?,17?/m1/s1. The number of hydrogen-bond donors (Lipinski definition) is 2. The Bertz CT molecular complexity index is 737. The highest BCUT2D eigenvalue weighted by atomic mass is 16.1. The summed E-state index contributed by atoms with van der Waals surface area (Å²) in [5.41, 5.74) is 6.90. The number of benzene rings is 1. The van der Waals surface area contributed by atoms with E-state index in [4.69, 9.17) is 5.73 Å². The molecule has 0 aliphatic heterocycles. The lowest BCUT2D eigenvalue weighted by atomic mass is 9.91. The minimum Gasteiger partial charge on any atom is -0.353 e. The zero-order valence-electron chi connectivity index (χ0n) is 14.9. The van der Waals surface area contributed by atoms with Gasteiger partial charge in [0.1, 0.15) is 0 Å². The van der Waals surface area contributed by atoms with Gasteiger partial charge in [0.25, 0.3) is 0 Å². The Morgan fingerprint density at radius 3 is 2.54 bits per heavy atom. The molecular formula is C19H26N6O. The quantitative estimate of drug-likeness (QED) is 0.876. The fourth-order valence-corrected chi connectivity index (χ4v) is 4.11. The summed E-state index contributed by atoms with van der Waals surface area (Å²) in [4.78, 5) is 14.1. The summed E-state index contributed by atoms with van der Waals surface area (Å²) >= 11 is 0. The molecule has 0 unspecified atom stereocenters. The third-order valence-electron chi connectivity index (χ3n) is 5.67. The molecule has 0 spiro atoms. The normalized spacial score (nSPS) is 28.8. The molecule has 1 aromatic heterocycles. The van der Waals surface area contributed by atoms with E-state index in [1.165, 1.54) is 0 Å². The van der Waals surface area contributed by atoms with Gasteiger partial charge in [-0.15, -0.1) is 10.2 Å². The molecule has 7 heteroatoms. The van der Waals surface area contributed by atoms with Gasteiger partial charge in [0.05, 0.1) is 6.04 Å². The van der Waals surface area contributed by atoms with Crippen LogP contribution in [-0.2, 0) is 4.79 Å². The molecule has 1 heterocycles. The third-order valence-corrected chi connectivity index (χ3v) is 5.67. The van der Waals surface area contributed by atoms with Crippen LogP contribution < -0.4 is 11.1 Å². The number of nitrogens with two attached hydrogens (primary N) is 1. The van der Waals surface area contributed by atoms with Gasteiger partial charge < -0.3 is 11.1 Å². The first-order valence-electron chi connectivity index (χ1n) is 9.60. The average Bonchev–Trinajstić information content (AvgIpc) is 3.32. The maximum Gasteiger partial charge on any atom is 0.223 e. The molecule has 0 saturated heterocycles. The Kier molecular flexibility index (Phi) is 4.97. The Morgan fingerprint density at radius 1 is 1.08 bits per heavy atom. The molecule has 7 nitrogen and oxygen atoms in total. The van der Waals surface area contributed by atoms with Gasteiger partial charge >= 0.3 is 0 Å². The van der Waals surface area contributed by atoms with E-state index in [9.17, 15) is 4.79 Å². The van der Waals surface area contributed by atoms with E-state index in [1.807, 2.05) is 30.3 Å². The van der Waals surface area contributed by atoms with E-state index in [1.54, 1.807) is 4.80 Å². The third kappa shape index (κ3) is 3.77. The lowest BCUT2D eigenvalue weighted by Gasteiger charge is -2.29. The fourth-order valence-electron chi connectivity index (χ4n) is 4.11. The van der Waals surface area contributed by atoms with Crippen LogP contribution in [0.2, 0.25) is 0 Å². The summed E-state index contributed by atoms with van der Waals surface area (Å²) in [6, 6.07) is 10.6. The molecule has 2 aliphatic carbocycles. The van der Waals surface area contributed by atoms with Crippen molar-refractivity contribution in [2.45, 2.75) is 63.1 Å². The van der Waals surface area contributed by atoms with E-state index in [2.05, 4.69) is 20.7 Å². The summed E-state index contributed by atoms with van der Waals surface area (Å²) in [6.07, 6.45) is 6.54. The molecular weight excluding hydrogens is 328 g/mol. The summed E-state index contributed by atoms with van der Waals surface area (Å²) in [7, 11) is 0. The molecule has 0 radical (unpaired) electrons.